The predicted molar refractivity (Wildman–Crippen MR) is 129 cm³/mol. The number of likely N-dealkylation sites (tertiary alicyclic amines) is 1. The highest BCUT2D eigenvalue weighted by atomic mass is 32.2. The molecule has 0 aliphatic carbocycles. The van der Waals surface area contributed by atoms with E-state index in [1.54, 1.807) is 17.0 Å². The lowest BCUT2D eigenvalue weighted by Gasteiger charge is -2.34. The Kier molecular flexibility index (Phi) is 9.14. The minimum Gasteiger partial charge on any atom is -0.343 e. The molecule has 8 nitrogen and oxygen atoms in total. The molecule has 1 atom stereocenters. The molecular weight excluding hydrogens is 440 g/mol. The molecule has 3 rings (SSSR count). The lowest BCUT2D eigenvalue weighted by atomic mass is 9.99. The van der Waals surface area contributed by atoms with Gasteiger partial charge in [-0.1, -0.05) is 32.4 Å². The van der Waals surface area contributed by atoms with Crippen LogP contribution in [0.5, 0.6) is 0 Å². The van der Waals surface area contributed by atoms with Crippen molar-refractivity contribution in [3.05, 3.63) is 29.8 Å². The van der Waals surface area contributed by atoms with Crippen molar-refractivity contribution in [2.75, 3.05) is 45.8 Å². The molecule has 0 saturated carbocycles. The van der Waals surface area contributed by atoms with Gasteiger partial charge in [-0.15, -0.1) is 0 Å². The van der Waals surface area contributed by atoms with Gasteiger partial charge in [-0.3, -0.25) is 4.79 Å². The summed E-state index contributed by atoms with van der Waals surface area (Å²) < 4.78 is 27.5. The van der Waals surface area contributed by atoms with Gasteiger partial charge in [0.05, 0.1) is 4.90 Å². The predicted octanol–water partition coefficient (Wildman–Crippen LogP) is 3.01. The quantitative estimate of drug-likeness (QED) is 0.582. The molecule has 2 aliphatic rings. The van der Waals surface area contributed by atoms with Crippen LogP contribution in [-0.2, 0) is 14.8 Å². The zero-order valence-electron chi connectivity index (χ0n) is 20.0. The highest BCUT2D eigenvalue weighted by molar-refractivity contribution is 7.89. The molecule has 0 unspecified atom stereocenters. The Balaban J connectivity index is 1.43. The van der Waals surface area contributed by atoms with Crippen molar-refractivity contribution in [1.29, 1.82) is 0 Å². The van der Waals surface area contributed by atoms with Crippen molar-refractivity contribution < 1.29 is 18.0 Å². The van der Waals surface area contributed by atoms with Gasteiger partial charge in [0, 0.05) is 52.2 Å². The molecule has 2 aliphatic heterocycles. The van der Waals surface area contributed by atoms with Gasteiger partial charge in [-0.2, -0.15) is 4.31 Å². The maximum Gasteiger partial charge on any atom is 0.317 e. The maximum absolute atomic E-state index is 13.0. The van der Waals surface area contributed by atoms with Gasteiger partial charge in [0.25, 0.3) is 0 Å². The first kappa shape index (κ1) is 25.5. The number of amides is 3. The number of nitrogens with zero attached hydrogens (tertiary/aromatic N) is 3. The first-order chi connectivity index (χ1) is 15.8. The first-order valence-electron chi connectivity index (χ1n) is 12.2. The molecule has 0 aromatic heterocycles. The summed E-state index contributed by atoms with van der Waals surface area (Å²) in [6.45, 7) is 7.51. The lowest BCUT2D eigenvalue weighted by molar-refractivity contribution is -0.130. The van der Waals surface area contributed by atoms with Gasteiger partial charge in [0.2, 0.25) is 15.9 Å². The molecule has 3 amide bonds. The number of piperazine rings is 1. The minimum atomic E-state index is -3.56. The number of carbonyl (C=O) groups excluding carboxylic acids is 2. The van der Waals surface area contributed by atoms with E-state index in [0.717, 1.165) is 44.2 Å². The Morgan fingerprint density at radius 1 is 1.03 bits per heavy atom. The number of rotatable bonds is 8. The first-order valence-corrected chi connectivity index (χ1v) is 13.7. The average Bonchev–Trinajstić information content (AvgIpc) is 3.05. The zero-order valence-corrected chi connectivity index (χ0v) is 20.8. The summed E-state index contributed by atoms with van der Waals surface area (Å²) in [6.07, 6.45) is 5.47. The van der Waals surface area contributed by atoms with Crippen LogP contribution < -0.4 is 5.32 Å². The van der Waals surface area contributed by atoms with Gasteiger partial charge in [-0.05, 0) is 49.3 Å². The number of nitrogens with one attached hydrogen (secondary N) is 1. The van der Waals surface area contributed by atoms with Gasteiger partial charge >= 0.3 is 6.03 Å². The van der Waals surface area contributed by atoms with Crippen LogP contribution >= 0.6 is 0 Å². The van der Waals surface area contributed by atoms with Crippen molar-refractivity contribution in [1.82, 2.24) is 19.4 Å². The highest BCUT2D eigenvalue weighted by Crippen LogP contribution is 2.23. The van der Waals surface area contributed by atoms with E-state index >= 15 is 0 Å². The van der Waals surface area contributed by atoms with Crippen LogP contribution in [0.2, 0.25) is 0 Å². The molecule has 0 bridgehead atoms. The minimum absolute atomic E-state index is 0.174. The van der Waals surface area contributed by atoms with Crippen LogP contribution in [0.1, 0.15) is 63.9 Å². The molecule has 1 aromatic rings. The Bertz CT molecular complexity index is 896. The smallest absolute Gasteiger partial charge is 0.317 e. The van der Waals surface area contributed by atoms with Crippen LogP contribution in [0, 0.1) is 0 Å². The largest absolute Gasteiger partial charge is 0.343 e. The van der Waals surface area contributed by atoms with Crippen molar-refractivity contribution in [3.63, 3.8) is 0 Å². The Hall–Kier alpha value is -2.13. The topological polar surface area (TPSA) is 90.0 Å². The molecule has 9 heteroatoms. The van der Waals surface area contributed by atoms with E-state index in [2.05, 4.69) is 19.2 Å². The molecular formula is C24H38N4O4S. The Labute approximate surface area is 198 Å². The molecule has 0 spiro atoms. The molecule has 2 heterocycles. The van der Waals surface area contributed by atoms with Gasteiger partial charge < -0.3 is 15.1 Å². The fourth-order valence-electron chi connectivity index (χ4n) is 4.34. The van der Waals surface area contributed by atoms with Crippen LogP contribution in [0.15, 0.2) is 29.2 Å². The molecule has 2 fully saturated rings. The fourth-order valence-corrected chi connectivity index (χ4v) is 5.76. The number of hydrogen-bond acceptors (Lipinski definition) is 4. The molecule has 1 N–H and O–H groups in total. The van der Waals surface area contributed by atoms with E-state index in [4.69, 9.17) is 0 Å². The van der Waals surface area contributed by atoms with E-state index in [9.17, 15) is 18.0 Å². The lowest BCUT2D eigenvalue weighted by Crippen LogP contribution is -2.53. The zero-order chi connectivity index (χ0) is 23.8. The van der Waals surface area contributed by atoms with E-state index < -0.39 is 10.0 Å². The van der Waals surface area contributed by atoms with Crippen LogP contribution in [0.25, 0.3) is 0 Å². The summed E-state index contributed by atoms with van der Waals surface area (Å²) in [7, 11) is -3.56. The second kappa shape index (κ2) is 11.8. The van der Waals surface area contributed by atoms with E-state index in [1.807, 2.05) is 17.0 Å². The van der Waals surface area contributed by atoms with E-state index in [-0.39, 0.29) is 25.0 Å². The molecule has 2 saturated heterocycles. The Morgan fingerprint density at radius 2 is 1.73 bits per heavy atom. The fraction of sp³-hybridized carbons (Fsp3) is 0.667. The highest BCUT2D eigenvalue weighted by Gasteiger charge is 2.30. The number of sulfonamides is 1. The Morgan fingerprint density at radius 3 is 2.39 bits per heavy atom. The third kappa shape index (κ3) is 6.69. The van der Waals surface area contributed by atoms with Crippen LogP contribution in [-0.4, -0.2) is 80.3 Å². The van der Waals surface area contributed by atoms with E-state index in [1.165, 1.54) is 4.31 Å². The monoisotopic (exact) mass is 478 g/mol. The summed E-state index contributed by atoms with van der Waals surface area (Å²) in [6, 6.07) is 6.98. The second-order valence-electron chi connectivity index (χ2n) is 9.05. The third-order valence-electron chi connectivity index (χ3n) is 6.78. The SMILES string of the molecule is CC[C@@H](C)c1ccc(S(=O)(=O)N2CCN(C(=O)NCCCN3CCCCCC3=O)CC2)cc1. The summed E-state index contributed by atoms with van der Waals surface area (Å²) in [5.74, 6) is 0.610. The molecule has 1 aromatic carbocycles. The van der Waals surface area contributed by atoms with Crippen LogP contribution in [0.4, 0.5) is 4.79 Å². The number of urea groups is 1. The summed E-state index contributed by atoms with van der Waals surface area (Å²) >= 11 is 0. The van der Waals surface area contributed by atoms with Crippen molar-refractivity contribution in [2.24, 2.45) is 0 Å². The van der Waals surface area contributed by atoms with Gasteiger partial charge in [-0.25, -0.2) is 13.2 Å². The van der Waals surface area contributed by atoms with Gasteiger partial charge in [0.1, 0.15) is 0 Å². The molecule has 184 valence electrons. The molecule has 33 heavy (non-hydrogen) atoms. The maximum atomic E-state index is 13.0. The summed E-state index contributed by atoms with van der Waals surface area (Å²) in [5.41, 5.74) is 1.14. The van der Waals surface area contributed by atoms with Gasteiger partial charge in [0.15, 0.2) is 0 Å². The summed E-state index contributed by atoms with van der Waals surface area (Å²) in [4.78, 5) is 28.4. The average molecular weight is 479 g/mol. The second-order valence-corrected chi connectivity index (χ2v) is 11.0. The van der Waals surface area contributed by atoms with Crippen LogP contribution in [0.3, 0.4) is 0 Å². The molecule has 0 radical (unpaired) electrons. The standard InChI is InChI=1S/C24H38N4O4S/c1-3-20(2)21-9-11-22(12-10-21)33(31,32)28-18-16-27(17-19-28)24(30)25-13-7-15-26-14-6-4-5-8-23(26)29/h9-12,20H,3-8,13-19H2,1-2H3,(H,25,30)/t20-/m1/s1. The number of benzene rings is 1. The van der Waals surface area contributed by atoms with Crippen molar-refractivity contribution in [2.45, 2.75) is 63.2 Å². The number of carbonyl (C=O) groups is 2. The normalized spacial score (nSPS) is 19.3. The third-order valence-corrected chi connectivity index (χ3v) is 8.69. The summed E-state index contributed by atoms with van der Waals surface area (Å²) in [5, 5.41) is 2.91. The number of hydrogen-bond donors (Lipinski definition) is 1. The van der Waals surface area contributed by atoms with Crippen molar-refractivity contribution >= 4 is 22.0 Å². The van der Waals surface area contributed by atoms with Crippen molar-refractivity contribution in [3.8, 4) is 0 Å². The van der Waals surface area contributed by atoms with E-state index in [0.29, 0.717) is 43.4 Å².